The standard InChI is InChI=1S/C26H15F4N3OS2/c27-15-3-6-19(28)22(10-15)36-33-21-8-7-20(29)23(24(21)30)25(34)18-12-32-26-17(18)9-14(11-31-26)13-1-4-16(35)5-2-13/h1-12,33,35H,(H,31,32). The van der Waals surface area contributed by atoms with E-state index < -0.39 is 34.6 Å². The summed E-state index contributed by atoms with van der Waals surface area (Å²) in [6.07, 6.45) is 2.96. The number of nitrogens with one attached hydrogen (secondary N) is 2. The molecule has 2 heterocycles. The Balaban J connectivity index is 1.50. The van der Waals surface area contributed by atoms with Crippen LogP contribution in [0.5, 0.6) is 0 Å². The molecular formula is C26H15F4N3OS2. The lowest BCUT2D eigenvalue weighted by atomic mass is 10.00. The number of carbonyl (C=O) groups excluding carboxylic acids is 1. The Morgan fingerprint density at radius 2 is 1.67 bits per heavy atom. The molecule has 10 heteroatoms. The fraction of sp³-hybridized carbons (Fsp3) is 0. The van der Waals surface area contributed by atoms with Crippen LogP contribution >= 0.6 is 24.6 Å². The largest absolute Gasteiger partial charge is 0.345 e. The number of pyridine rings is 1. The Labute approximate surface area is 212 Å². The fourth-order valence-electron chi connectivity index (χ4n) is 3.64. The third-order valence-corrected chi connectivity index (χ3v) is 6.61. The van der Waals surface area contributed by atoms with E-state index in [9.17, 15) is 18.0 Å². The summed E-state index contributed by atoms with van der Waals surface area (Å²) >= 11 is 4.87. The lowest BCUT2D eigenvalue weighted by Gasteiger charge is -2.11. The maximum absolute atomic E-state index is 15.3. The molecule has 0 amide bonds. The van der Waals surface area contributed by atoms with Crippen LogP contribution in [0.25, 0.3) is 22.2 Å². The molecule has 0 aliphatic rings. The van der Waals surface area contributed by atoms with Crippen LogP contribution in [-0.2, 0) is 0 Å². The molecule has 2 aromatic heterocycles. The third-order valence-electron chi connectivity index (χ3n) is 5.46. The van der Waals surface area contributed by atoms with Gasteiger partial charge in [0.2, 0.25) is 5.78 Å². The first-order chi connectivity index (χ1) is 17.3. The molecule has 0 saturated heterocycles. The second kappa shape index (κ2) is 9.71. The Morgan fingerprint density at radius 3 is 2.44 bits per heavy atom. The van der Waals surface area contributed by atoms with E-state index in [0.717, 1.165) is 40.8 Å². The van der Waals surface area contributed by atoms with Gasteiger partial charge in [-0.3, -0.25) is 4.79 Å². The number of hydrogen-bond acceptors (Lipinski definition) is 5. The van der Waals surface area contributed by atoms with Crippen LogP contribution in [0.15, 0.2) is 82.8 Å². The van der Waals surface area contributed by atoms with Gasteiger partial charge >= 0.3 is 0 Å². The van der Waals surface area contributed by atoms with Crippen LogP contribution in [0.1, 0.15) is 15.9 Å². The zero-order chi connectivity index (χ0) is 25.4. The molecular weight excluding hydrogens is 510 g/mol. The molecule has 0 aliphatic carbocycles. The summed E-state index contributed by atoms with van der Waals surface area (Å²) in [5.41, 5.74) is 0.885. The van der Waals surface area contributed by atoms with Crippen LogP contribution in [-0.4, -0.2) is 15.8 Å². The third kappa shape index (κ3) is 4.57. The van der Waals surface area contributed by atoms with Crippen molar-refractivity contribution in [2.24, 2.45) is 0 Å². The van der Waals surface area contributed by atoms with Gasteiger partial charge in [0.25, 0.3) is 0 Å². The molecule has 4 nitrogen and oxygen atoms in total. The van der Waals surface area contributed by atoms with Gasteiger partial charge in [0.05, 0.1) is 16.1 Å². The number of H-pyrrole nitrogens is 1. The van der Waals surface area contributed by atoms with E-state index in [1.54, 1.807) is 12.3 Å². The van der Waals surface area contributed by atoms with Crippen molar-refractivity contribution in [2.75, 3.05) is 4.72 Å². The summed E-state index contributed by atoms with van der Waals surface area (Å²) in [5.74, 6) is -4.52. The molecule has 0 aliphatic heterocycles. The van der Waals surface area contributed by atoms with E-state index in [-0.39, 0.29) is 16.1 Å². The Kier molecular flexibility index (Phi) is 6.46. The minimum absolute atomic E-state index is 0.0314. The van der Waals surface area contributed by atoms with Gasteiger partial charge in [0.15, 0.2) is 5.82 Å². The van der Waals surface area contributed by atoms with Gasteiger partial charge in [-0.2, -0.15) is 0 Å². The van der Waals surface area contributed by atoms with Crippen molar-refractivity contribution in [3.05, 3.63) is 107 Å². The lowest BCUT2D eigenvalue weighted by molar-refractivity contribution is 0.103. The minimum Gasteiger partial charge on any atom is -0.345 e. The molecule has 0 radical (unpaired) electrons. The molecule has 5 rings (SSSR count). The number of halogens is 4. The number of anilines is 1. The summed E-state index contributed by atoms with van der Waals surface area (Å²) in [4.78, 5) is 21.1. The summed E-state index contributed by atoms with van der Waals surface area (Å²) < 4.78 is 59.9. The Morgan fingerprint density at radius 1 is 0.917 bits per heavy atom. The predicted octanol–water partition coefficient (Wildman–Crippen LogP) is 7.43. The summed E-state index contributed by atoms with van der Waals surface area (Å²) in [7, 11) is 0. The average Bonchev–Trinajstić information content (AvgIpc) is 3.29. The van der Waals surface area contributed by atoms with E-state index in [4.69, 9.17) is 0 Å². The van der Waals surface area contributed by atoms with Crippen molar-refractivity contribution in [1.82, 2.24) is 9.97 Å². The topological polar surface area (TPSA) is 57.8 Å². The van der Waals surface area contributed by atoms with Crippen molar-refractivity contribution in [3.8, 4) is 11.1 Å². The van der Waals surface area contributed by atoms with E-state index in [0.29, 0.717) is 28.5 Å². The second-order valence-electron chi connectivity index (χ2n) is 7.76. The van der Waals surface area contributed by atoms with Crippen LogP contribution < -0.4 is 4.72 Å². The molecule has 36 heavy (non-hydrogen) atoms. The Bertz CT molecular complexity index is 1620. The maximum atomic E-state index is 15.3. The van der Waals surface area contributed by atoms with Crippen molar-refractivity contribution < 1.29 is 22.4 Å². The van der Waals surface area contributed by atoms with Crippen LogP contribution in [0, 0.1) is 23.3 Å². The molecule has 0 atom stereocenters. The number of benzene rings is 3. The molecule has 0 fully saturated rings. The van der Waals surface area contributed by atoms with Crippen molar-refractivity contribution in [2.45, 2.75) is 9.79 Å². The maximum Gasteiger partial charge on any atom is 0.201 e. The second-order valence-corrected chi connectivity index (χ2v) is 9.13. The summed E-state index contributed by atoms with van der Waals surface area (Å²) in [6.45, 7) is 0. The smallest absolute Gasteiger partial charge is 0.201 e. The van der Waals surface area contributed by atoms with Crippen LogP contribution in [0.4, 0.5) is 23.2 Å². The van der Waals surface area contributed by atoms with Gasteiger partial charge in [-0.1, -0.05) is 12.1 Å². The number of nitrogens with zero attached hydrogens (tertiary/aromatic N) is 1. The summed E-state index contributed by atoms with van der Waals surface area (Å²) in [6, 6.07) is 13.8. The number of carbonyl (C=O) groups is 1. The molecule has 2 N–H and O–H groups in total. The SMILES string of the molecule is O=C(c1c(F)ccc(NSc2cc(F)ccc2F)c1F)c1c[nH]c2ncc(-c3ccc(S)cc3)cc12. The van der Waals surface area contributed by atoms with E-state index in [1.165, 1.54) is 6.20 Å². The molecule has 0 unspecified atom stereocenters. The Hall–Kier alpha value is -3.76. The van der Waals surface area contributed by atoms with E-state index in [1.807, 2.05) is 24.3 Å². The van der Waals surface area contributed by atoms with Crippen molar-refractivity contribution in [3.63, 3.8) is 0 Å². The first-order valence-electron chi connectivity index (χ1n) is 10.5. The highest BCUT2D eigenvalue weighted by Crippen LogP contribution is 2.32. The number of fused-ring (bicyclic) bond motifs is 1. The molecule has 0 spiro atoms. The zero-order valence-corrected chi connectivity index (χ0v) is 19.9. The van der Waals surface area contributed by atoms with Gasteiger partial charge in [0.1, 0.15) is 23.1 Å². The highest BCUT2D eigenvalue weighted by Gasteiger charge is 2.25. The molecule has 0 saturated carbocycles. The van der Waals surface area contributed by atoms with Crippen molar-refractivity contribution in [1.29, 1.82) is 0 Å². The van der Waals surface area contributed by atoms with E-state index in [2.05, 4.69) is 27.3 Å². The van der Waals surface area contributed by atoms with Crippen molar-refractivity contribution >= 4 is 47.1 Å². The minimum atomic E-state index is -1.16. The predicted molar refractivity (Wildman–Crippen MR) is 134 cm³/mol. The monoisotopic (exact) mass is 525 g/mol. The van der Waals surface area contributed by atoms with E-state index >= 15 is 4.39 Å². The normalized spacial score (nSPS) is 11.1. The van der Waals surface area contributed by atoms with Crippen LogP contribution in [0.3, 0.4) is 0 Å². The number of ketones is 1. The van der Waals surface area contributed by atoms with Gasteiger partial charge in [-0.25, -0.2) is 22.5 Å². The molecule has 5 aromatic rings. The van der Waals surface area contributed by atoms with Crippen LogP contribution in [0.2, 0.25) is 0 Å². The first kappa shape index (κ1) is 24.0. The summed E-state index contributed by atoms with van der Waals surface area (Å²) in [5, 5.41) is 0.390. The number of aromatic amines is 1. The highest BCUT2D eigenvalue weighted by molar-refractivity contribution is 8.00. The quantitative estimate of drug-likeness (QED) is 0.0934. The fourth-order valence-corrected chi connectivity index (χ4v) is 4.51. The molecule has 0 bridgehead atoms. The number of aromatic nitrogens is 2. The number of rotatable bonds is 6. The molecule has 180 valence electrons. The van der Waals surface area contributed by atoms with Gasteiger partial charge in [-0.05, 0) is 66.0 Å². The lowest BCUT2D eigenvalue weighted by Crippen LogP contribution is -2.09. The number of hydrogen-bond donors (Lipinski definition) is 3. The highest BCUT2D eigenvalue weighted by atomic mass is 32.2. The van der Waals surface area contributed by atoms with Gasteiger partial charge in [-0.15, -0.1) is 12.6 Å². The molecule has 3 aromatic carbocycles. The zero-order valence-electron chi connectivity index (χ0n) is 18.2. The average molecular weight is 526 g/mol. The van der Waals surface area contributed by atoms with Gasteiger partial charge in [0, 0.05) is 33.8 Å². The first-order valence-corrected chi connectivity index (χ1v) is 11.8. The van der Waals surface area contributed by atoms with Gasteiger partial charge < -0.3 is 9.71 Å². The number of thiol groups is 1.